The number of hydrogen-bond donors (Lipinski definition) is 4. The van der Waals surface area contributed by atoms with Gasteiger partial charge in [0.2, 0.25) is 11.9 Å². The molecule has 8 N–H and O–H groups in total. The number of aromatic nitrogens is 6. The van der Waals surface area contributed by atoms with Crippen molar-refractivity contribution in [1.82, 2.24) is 29.9 Å². The topological polar surface area (TPSA) is 233 Å². The van der Waals surface area contributed by atoms with Crippen molar-refractivity contribution in [3.8, 4) is 0 Å². The first-order valence-corrected chi connectivity index (χ1v) is 9.73. The first kappa shape index (κ1) is 21.9. The number of nitrogens with zero attached hydrogens (tertiary/aromatic N) is 6. The van der Waals surface area contributed by atoms with E-state index in [1.807, 2.05) is 0 Å². The summed E-state index contributed by atoms with van der Waals surface area (Å²) in [5, 5.41) is 0. The third-order valence-corrected chi connectivity index (χ3v) is 4.15. The van der Waals surface area contributed by atoms with Crippen molar-refractivity contribution in [2.75, 3.05) is 22.9 Å². The van der Waals surface area contributed by atoms with Crippen molar-refractivity contribution in [2.45, 2.75) is 39.0 Å². The zero-order valence-electron chi connectivity index (χ0n) is 15.7. The highest BCUT2D eigenvalue weighted by atomic mass is 32.2. The molecule has 1 fully saturated rings. The fraction of sp³-hybridized carbons (Fsp3) is 0.467. The summed E-state index contributed by atoms with van der Waals surface area (Å²) in [6.07, 6.45) is 7.44. The standard InChI is InChI=1S/C8H8N10.C7H14.O3S/c9-3-1-5(17-7(11)14-3)16-6-2(13-1)4(10)15-8(12)18-6;1-7-5-3-2-4-6-7;1-4(2)3/h(H8,9,10,11,12,14,15,16,17,18);7H,2-6H2,1H3;. The zero-order chi connectivity index (χ0) is 21.6. The lowest BCUT2D eigenvalue weighted by Crippen LogP contribution is -2.06. The molecule has 0 bridgehead atoms. The van der Waals surface area contributed by atoms with Crippen molar-refractivity contribution in [3.63, 3.8) is 0 Å². The molecule has 3 aromatic rings. The van der Waals surface area contributed by atoms with Gasteiger partial charge < -0.3 is 22.9 Å². The lowest BCUT2D eigenvalue weighted by Gasteiger charge is -2.15. The molecule has 1 saturated carbocycles. The molecule has 14 heteroatoms. The average molecular weight is 422 g/mol. The molecule has 0 unspecified atom stereocenters. The molecule has 29 heavy (non-hydrogen) atoms. The number of anilines is 4. The van der Waals surface area contributed by atoms with Crippen molar-refractivity contribution in [1.29, 1.82) is 0 Å². The Hall–Kier alpha value is -3.42. The first-order valence-electron chi connectivity index (χ1n) is 8.73. The molecule has 13 nitrogen and oxygen atoms in total. The van der Waals surface area contributed by atoms with Gasteiger partial charge in [-0.05, 0) is 5.92 Å². The molecule has 3 aromatic heterocycles. The highest BCUT2D eigenvalue weighted by Gasteiger charge is 2.12. The molecule has 0 saturated heterocycles. The molecular formula is C15H22N10O3S. The summed E-state index contributed by atoms with van der Waals surface area (Å²) in [5.41, 5.74) is 23.4. The van der Waals surface area contributed by atoms with Crippen LogP contribution in [0, 0.1) is 5.92 Å². The molecular weight excluding hydrogens is 400 g/mol. The van der Waals surface area contributed by atoms with Gasteiger partial charge in [-0.15, -0.1) is 12.6 Å². The molecule has 3 heterocycles. The minimum atomic E-state index is -3.11. The molecule has 0 radical (unpaired) electrons. The monoisotopic (exact) mass is 422 g/mol. The van der Waals surface area contributed by atoms with Gasteiger partial charge in [0.25, 0.3) is 0 Å². The maximum atomic E-state index is 8.44. The number of nitrogens with two attached hydrogens (primary N) is 4. The van der Waals surface area contributed by atoms with Gasteiger partial charge >= 0.3 is 10.6 Å². The van der Waals surface area contributed by atoms with E-state index >= 15 is 0 Å². The summed E-state index contributed by atoms with van der Waals surface area (Å²) in [4.78, 5) is 23.7. The Labute approximate surface area is 167 Å². The predicted octanol–water partition coefficient (Wildman–Crippen LogP) is 0.274. The van der Waals surface area contributed by atoms with Crippen LogP contribution >= 0.6 is 0 Å². The Kier molecular flexibility index (Phi) is 7.30. The number of fused-ring (bicyclic) bond motifs is 2. The van der Waals surface area contributed by atoms with E-state index in [2.05, 4.69) is 36.8 Å². The lowest BCUT2D eigenvalue weighted by molar-refractivity contribution is 0.385. The van der Waals surface area contributed by atoms with Crippen LogP contribution in [0.5, 0.6) is 0 Å². The summed E-state index contributed by atoms with van der Waals surface area (Å²) < 4.78 is 25.3. The van der Waals surface area contributed by atoms with Gasteiger partial charge in [-0.2, -0.15) is 19.9 Å². The highest BCUT2D eigenvalue weighted by Crippen LogP contribution is 2.22. The van der Waals surface area contributed by atoms with Crippen molar-refractivity contribution in [2.24, 2.45) is 5.92 Å². The smallest absolute Gasteiger partial charge is 0.382 e. The van der Waals surface area contributed by atoms with Crippen molar-refractivity contribution in [3.05, 3.63) is 0 Å². The van der Waals surface area contributed by atoms with Crippen LogP contribution in [0.2, 0.25) is 0 Å². The molecule has 0 atom stereocenters. The average Bonchev–Trinajstić information content (AvgIpc) is 2.61. The molecule has 156 valence electrons. The minimum absolute atomic E-state index is 0.00338. The van der Waals surface area contributed by atoms with Crippen LogP contribution in [0.1, 0.15) is 39.0 Å². The summed E-state index contributed by atoms with van der Waals surface area (Å²) in [7, 11) is -3.11. The van der Waals surface area contributed by atoms with Gasteiger partial charge in [0.05, 0.1) is 0 Å². The first-order chi connectivity index (χ1) is 13.7. The second kappa shape index (κ2) is 9.68. The maximum Gasteiger partial charge on any atom is 0.425 e. The fourth-order valence-electron chi connectivity index (χ4n) is 2.84. The van der Waals surface area contributed by atoms with Crippen molar-refractivity contribution < 1.29 is 12.6 Å². The Morgan fingerprint density at radius 3 is 1.45 bits per heavy atom. The number of nitrogen functional groups attached to an aromatic ring is 4. The third-order valence-electron chi connectivity index (χ3n) is 4.15. The summed E-state index contributed by atoms with van der Waals surface area (Å²) in [6, 6.07) is 0. The van der Waals surface area contributed by atoms with Crippen LogP contribution < -0.4 is 22.9 Å². The van der Waals surface area contributed by atoms with Gasteiger partial charge in [-0.1, -0.05) is 39.0 Å². The van der Waals surface area contributed by atoms with Crippen LogP contribution in [-0.4, -0.2) is 42.5 Å². The molecule has 0 aromatic carbocycles. The molecule has 0 amide bonds. The lowest BCUT2D eigenvalue weighted by atomic mass is 9.91. The van der Waals surface area contributed by atoms with Gasteiger partial charge in [-0.25, -0.2) is 9.97 Å². The normalized spacial score (nSPS) is 13.8. The van der Waals surface area contributed by atoms with E-state index in [-0.39, 0.29) is 45.9 Å². The van der Waals surface area contributed by atoms with Crippen LogP contribution in [0.25, 0.3) is 22.3 Å². The van der Waals surface area contributed by atoms with Crippen LogP contribution in [0.3, 0.4) is 0 Å². The van der Waals surface area contributed by atoms with Crippen LogP contribution in [0.4, 0.5) is 23.5 Å². The Morgan fingerprint density at radius 1 is 0.690 bits per heavy atom. The Bertz CT molecular complexity index is 1050. The molecule has 0 spiro atoms. The second-order valence-electron chi connectivity index (χ2n) is 6.45. The SMILES string of the molecule is CC1CCCCC1.Nc1nc(N)c2nc3c(N)nc(N)nc3nc2n1.O=S(=O)=O. The predicted molar refractivity (Wildman–Crippen MR) is 108 cm³/mol. The van der Waals surface area contributed by atoms with E-state index in [1.165, 1.54) is 32.1 Å². The van der Waals surface area contributed by atoms with Crippen LogP contribution in [-0.2, 0) is 10.6 Å². The van der Waals surface area contributed by atoms with E-state index in [1.54, 1.807) is 0 Å². The third kappa shape index (κ3) is 6.31. The summed E-state index contributed by atoms with van der Waals surface area (Å²) >= 11 is 0. The van der Waals surface area contributed by atoms with Gasteiger partial charge in [0.1, 0.15) is 0 Å². The molecule has 1 aliphatic carbocycles. The van der Waals surface area contributed by atoms with Crippen LogP contribution in [0.15, 0.2) is 0 Å². The molecule has 1 aliphatic rings. The number of rotatable bonds is 0. The van der Waals surface area contributed by atoms with E-state index in [9.17, 15) is 0 Å². The van der Waals surface area contributed by atoms with Crippen molar-refractivity contribution >= 4 is 56.5 Å². The molecule has 0 aliphatic heterocycles. The summed E-state index contributed by atoms with van der Waals surface area (Å²) in [5.74, 6) is 1.27. The Morgan fingerprint density at radius 2 is 1.10 bits per heavy atom. The van der Waals surface area contributed by atoms with E-state index in [0.29, 0.717) is 0 Å². The van der Waals surface area contributed by atoms with E-state index < -0.39 is 10.6 Å². The van der Waals surface area contributed by atoms with Gasteiger partial charge in [0.15, 0.2) is 34.0 Å². The zero-order valence-corrected chi connectivity index (χ0v) is 16.6. The quantitative estimate of drug-likeness (QED) is 0.356. The largest absolute Gasteiger partial charge is 0.425 e. The minimum Gasteiger partial charge on any atom is -0.382 e. The van der Waals surface area contributed by atoms with E-state index in [0.717, 1.165) is 5.92 Å². The maximum absolute atomic E-state index is 8.44. The highest BCUT2D eigenvalue weighted by molar-refractivity contribution is 7.59. The van der Waals surface area contributed by atoms with Gasteiger partial charge in [0, 0.05) is 0 Å². The second-order valence-corrected chi connectivity index (χ2v) is 6.86. The molecule has 4 rings (SSSR count). The van der Waals surface area contributed by atoms with E-state index in [4.69, 9.17) is 35.6 Å². The fourth-order valence-corrected chi connectivity index (χ4v) is 2.84. The summed E-state index contributed by atoms with van der Waals surface area (Å²) in [6.45, 7) is 2.36. The number of hydrogen-bond acceptors (Lipinski definition) is 13. The Balaban J connectivity index is 0.000000226. The van der Waals surface area contributed by atoms with Gasteiger partial charge in [-0.3, -0.25) is 0 Å².